The largest absolute Gasteiger partial charge is 0.507 e. The average Bonchev–Trinajstić information content (AvgIpc) is 2.76. The van der Waals surface area contributed by atoms with Gasteiger partial charge in [0.15, 0.2) is 5.78 Å². The van der Waals surface area contributed by atoms with Crippen molar-refractivity contribution in [1.29, 1.82) is 0 Å². The Hall–Kier alpha value is -3.31. The van der Waals surface area contributed by atoms with Crippen molar-refractivity contribution in [3.05, 3.63) is 76.3 Å². The number of carbonyl (C=O) groups excluding carboxylic acids is 2. The molecule has 0 spiro atoms. The molecular weight excluding hydrogens is 428 g/mol. The van der Waals surface area contributed by atoms with E-state index >= 15 is 0 Å². The molecule has 6 heteroatoms. The SMILES string of the molecule is Cc1c(OCc2cccc(-c3ccc(Cl)c(OC=O)c3)c2)ccc(C(=O)CC(C)C)c1O. The van der Waals surface area contributed by atoms with Crippen molar-refractivity contribution >= 4 is 23.9 Å². The first-order valence-corrected chi connectivity index (χ1v) is 10.7. The zero-order valence-electron chi connectivity index (χ0n) is 18.2. The molecule has 0 aliphatic rings. The van der Waals surface area contributed by atoms with E-state index in [9.17, 15) is 14.7 Å². The van der Waals surface area contributed by atoms with E-state index < -0.39 is 0 Å². The number of ketones is 1. The standard InChI is InChI=1S/C26H25ClO5/c1-16(2)11-23(29)21-8-10-24(17(3)26(21)30)31-14-18-5-4-6-19(12-18)20-7-9-22(27)25(13-20)32-15-28/h4-10,12-13,15-16,30H,11,14H2,1-3H3. The van der Waals surface area contributed by atoms with Gasteiger partial charge in [0.2, 0.25) is 0 Å². The van der Waals surface area contributed by atoms with Crippen LogP contribution < -0.4 is 9.47 Å². The summed E-state index contributed by atoms with van der Waals surface area (Å²) in [6.07, 6.45) is 0.379. The van der Waals surface area contributed by atoms with Crippen molar-refractivity contribution in [3.63, 3.8) is 0 Å². The van der Waals surface area contributed by atoms with Crippen molar-refractivity contribution in [3.8, 4) is 28.4 Å². The third-order valence-electron chi connectivity index (χ3n) is 5.04. The highest BCUT2D eigenvalue weighted by Gasteiger charge is 2.17. The normalized spacial score (nSPS) is 10.8. The summed E-state index contributed by atoms with van der Waals surface area (Å²) in [5.74, 6) is 0.903. The van der Waals surface area contributed by atoms with E-state index in [0.29, 0.717) is 40.5 Å². The van der Waals surface area contributed by atoms with Gasteiger partial charge in [0.25, 0.3) is 6.47 Å². The van der Waals surface area contributed by atoms with E-state index in [1.165, 1.54) is 0 Å². The van der Waals surface area contributed by atoms with Crippen LogP contribution in [0.4, 0.5) is 0 Å². The van der Waals surface area contributed by atoms with Crippen LogP contribution in [0.1, 0.15) is 41.8 Å². The molecule has 3 aromatic carbocycles. The molecule has 32 heavy (non-hydrogen) atoms. The Morgan fingerprint density at radius 2 is 1.81 bits per heavy atom. The van der Waals surface area contributed by atoms with Gasteiger partial charge in [-0.2, -0.15) is 0 Å². The number of aromatic hydroxyl groups is 1. The molecule has 0 fully saturated rings. The van der Waals surface area contributed by atoms with Gasteiger partial charge in [-0.1, -0.05) is 49.7 Å². The molecule has 0 aromatic heterocycles. The van der Waals surface area contributed by atoms with E-state index in [4.69, 9.17) is 21.1 Å². The van der Waals surface area contributed by atoms with Gasteiger partial charge in [0, 0.05) is 12.0 Å². The second kappa shape index (κ2) is 10.3. The Kier molecular flexibility index (Phi) is 7.54. The quantitative estimate of drug-likeness (QED) is 0.302. The van der Waals surface area contributed by atoms with Crippen molar-refractivity contribution < 1.29 is 24.2 Å². The molecular formula is C26H25ClO5. The summed E-state index contributed by atoms with van der Waals surface area (Å²) in [7, 11) is 0. The van der Waals surface area contributed by atoms with Gasteiger partial charge in [-0.15, -0.1) is 0 Å². The topological polar surface area (TPSA) is 72.8 Å². The smallest absolute Gasteiger partial charge is 0.298 e. The zero-order valence-corrected chi connectivity index (χ0v) is 19.0. The van der Waals surface area contributed by atoms with Crippen LogP contribution >= 0.6 is 11.6 Å². The van der Waals surface area contributed by atoms with Crippen LogP contribution in [0.5, 0.6) is 17.2 Å². The number of benzene rings is 3. The van der Waals surface area contributed by atoms with Crippen LogP contribution in [0.25, 0.3) is 11.1 Å². The predicted molar refractivity (Wildman–Crippen MR) is 125 cm³/mol. The maximum Gasteiger partial charge on any atom is 0.298 e. The summed E-state index contributed by atoms with van der Waals surface area (Å²) in [6.45, 7) is 6.28. The molecule has 0 bridgehead atoms. The highest BCUT2D eigenvalue weighted by atomic mass is 35.5. The number of hydrogen-bond donors (Lipinski definition) is 1. The summed E-state index contributed by atoms with van der Waals surface area (Å²) in [6, 6.07) is 16.3. The number of phenolic OH excluding ortho intramolecular Hbond substituents is 1. The highest BCUT2D eigenvalue weighted by molar-refractivity contribution is 6.32. The number of Topliss-reactive ketones (excluding diaryl/α,β-unsaturated/α-hetero) is 1. The van der Waals surface area contributed by atoms with Crippen LogP contribution in [-0.2, 0) is 11.4 Å². The van der Waals surface area contributed by atoms with E-state index in [1.54, 1.807) is 31.2 Å². The van der Waals surface area contributed by atoms with Gasteiger partial charge < -0.3 is 14.6 Å². The van der Waals surface area contributed by atoms with Crippen molar-refractivity contribution in [2.24, 2.45) is 5.92 Å². The summed E-state index contributed by atoms with van der Waals surface area (Å²) < 4.78 is 10.8. The van der Waals surface area contributed by atoms with Gasteiger partial charge in [-0.25, -0.2) is 0 Å². The van der Waals surface area contributed by atoms with Crippen molar-refractivity contribution in [2.75, 3.05) is 0 Å². The molecule has 5 nitrogen and oxygen atoms in total. The first kappa shape index (κ1) is 23.4. The van der Waals surface area contributed by atoms with E-state index in [1.807, 2.05) is 44.2 Å². The maximum absolute atomic E-state index is 12.3. The van der Waals surface area contributed by atoms with Crippen LogP contribution in [-0.4, -0.2) is 17.4 Å². The fraction of sp³-hybridized carbons (Fsp3) is 0.231. The number of carbonyl (C=O) groups is 2. The molecule has 0 aliphatic carbocycles. The molecule has 3 aromatic rings. The van der Waals surface area contributed by atoms with Gasteiger partial charge in [0.1, 0.15) is 23.9 Å². The summed E-state index contributed by atoms with van der Waals surface area (Å²) >= 11 is 6.05. The molecule has 3 rings (SSSR count). The van der Waals surface area contributed by atoms with Crippen molar-refractivity contribution in [2.45, 2.75) is 33.8 Å². The Bertz CT molecular complexity index is 1140. The number of phenols is 1. The maximum atomic E-state index is 12.3. The van der Waals surface area contributed by atoms with E-state index in [-0.39, 0.29) is 24.1 Å². The third kappa shape index (κ3) is 5.48. The monoisotopic (exact) mass is 452 g/mol. The van der Waals surface area contributed by atoms with Gasteiger partial charge >= 0.3 is 0 Å². The third-order valence-corrected chi connectivity index (χ3v) is 5.35. The Morgan fingerprint density at radius 1 is 1.06 bits per heavy atom. The lowest BCUT2D eigenvalue weighted by atomic mass is 9.98. The lowest BCUT2D eigenvalue weighted by molar-refractivity contribution is -0.120. The summed E-state index contributed by atoms with van der Waals surface area (Å²) in [4.78, 5) is 23.0. The predicted octanol–water partition coefficient (Wildman–Crippen LogP) is 6.36. The Labute approximate surface area is 192 Å². The van der Waals surface area contributed by atoms with E-state index in [0.717, 1.165) is 16.7 Å². The summed E-state index contributed by atoms with van der Waals surface area (Å²) in [5.41, 5.74) is 3.52. The first-order chi connectivity index (χ1) is 15.3. The number of rotatable bonds is 9. The lowest BCUT2D eigenvalue weighted by Crippen LogP contribution is -2.05. The first-order valence-electron chi connectivity index (χ1n) is 10.3. The number of halogens is 1. The lowest BCUT2D eigenvalue weighted by Gasteiger charge is -2.14. The Morgan fingerprint density at radius 3 is 2.53 bits per heavy atom. The van der Waals surface area contributed by atoms with Crippen molar-refractivity contribution in [1.82, 2.24) is 0 Å². The zero-order chi connectivity index (χ0) is 23.3. The fourth-order valence-electron chi connectivity index (χ4n) is 3.37. The summed E-state index contributed by atoms with van der Waals surface area (Å²) in [5, 5.41) is 10.8. The van der Waals surface area contributed by atoms with Crippen LogP contribution in [0.15, 0.2) is 54.6 Å². The molecule has 0 radical (unpaired) electrons. The molecule has 166 valence electrons. The van der Waals surface area contributed by atoms with Crippen LogP contribution in [0.3, 0.4) is 0 Å². The highest BCUT2D eigenvalue weighted by Crippen LogP contribution is 2.33. The number of ether oxygens (including phenoxy) is 2. The minimum atomic E-state index is -0.0826. The minimum absolute atomic E-state index is 0.0363. The molecule has 0 unspecified atom stereocenters. The number of hydrogen-bond acceptors (Lipinski definition) is 5. The van der Waals surface area contributed by atoms with Crippen LogP contribution in [0.2, 0.25) is 5.02 Å². The molecule has 0 saturated carbocycles. The molecule has 1 N–H and O–H groups in total. The molecule has 0 saturated heterocycles. The molecule has 0 heterocycles. The van der Waals surface area contributed by atoms with Gasteiger partial charge in [0.05, 0.1) is 10.6 Å². The van der Waals surface area contributed by atoms with Gasteiger partial charge in [-0.3, -0.25) is 9.59 Å². The van der Waals surface area contributed by atoms with Crippen LogP contribution in [0, 0.1) is 12.8 Å². The fourth-order valence-corrected chi connectivity index (χ4v) is 3.53. The molecule has 0 atom stereocenters. The minimum Gasteiger partial charge on any atom is -0.507 e. The Balaban J connectivity index is 1.77. The average molecular weight is 453 g/mol. The second-order valence-corrected chi connectivity index (χ2v) is 8.36. The molecule has 0 amide bonds. The van der Waals surface area contributed by atoms with E-state index in [2.05, 4.69) is 0 Å². The second-order valence-electron chi connectivity index (χ2n) is 7.95. The molecule has 0 aliphatic heterocycles. The van der Waals surface area contributed by atoms with Gasteiger partial charge in [-0.05, 0) is 59.9 Å².